The van der Waals surface area contributed by atoms with Gasteiger partial charge in [-0.25, -0.2) is 9.97 Å². The molecule has 10 nitrogen and oxygen atoms in total. The maximum atomic E-state index is 14.3. The zero-order chi connectivity index (χ0) is 28.5. The monoisotopic (exact) mass is 578 g/mol. The largest absolute Gasteiger partial charge is 0.487 e. The molecule has 2 aliphatic heterocycles. The van der Waals surface area contributed by atoms with Crippen LogP contribution in [0, 0.1) is 11.8 Å². The molecule has 2 unspecified atom stereocenters. The summed E-state index contributed by atoms with van der Waals surface area (Å²) in [6, 6.07) is 5.08. The first kappa shape index (κ1) is 27.5. The first-order valence-electron chi connectivity index (χ1n) is 14.5. The molecular weight excluding hydrogens is 544 g/mol. The van der Waals surface area contributed by atoms with Gasteiger partial charge in [0, 0.05) is 74.1 Å². The number of amides is 3. The van der Waals surface area contributed by atoms with Crippen molar-refractivity contribution in [2.45, 2.75) is 57.6 Å². The van der Waals surface area contributed by atoms with Gasteiger partial charge in [0.15, 0.2) is 0 Å². The van der Waals surface area contributed by atoms with Crippen LogP contribution in [0.5, 0.6) is 5.75 Å². The van der Waals surface area contributed by atoms with E-state index in [1.54, 1.807) is 13.2 Å². The molecule has 3 amide bonds. The van der Waals surface area contributed by atoms with Crippen molar-refractivity contribution in [2.75, 3.05) is 26.7 Å². The van der Waals surface area contributed by atoms with Crippen LogP contribution in [0.1, 0.15) is 61.4 Å². The molecule has 0 radical (unpaired) electrons. The van der Waals surface area contributed by atoms with E-state index in [1.807, 2.05) is 44.8 Å². The highest BCUT2D eigenvalue weighted by Crippen LogP contribution is 2.43. The fourth-order valence-corrected chi connectivity index (χ4v) is 6.96. The highest BCUT2D eigenvalue weighted by Gasteiger charge is 2.43. The Morgan fingerprint density at radius 1 is 1.12 bits per heavy atom. The third-order valence-electron chi connectivity index (χ3n) is 8.75. The Morgan fingerprint density at radius 2 is 1.95 bits per heavy atom. The number of hydrogen-bond acceptors (Lipinski definition) is 6. The molecule has 2 fully saturated rings. The summed E-state index contributed by atoms with van der Waals surface area (Å²) in [4.78, 5) is 52.4. The van der Waals surface area contributed by atoms with Crippen LogP contribution in [0.15, 0.2) is 36.8 Å². The Hall–Kier alpha value is -3.66. The van der Waals surface area contributed by atoms with Gasteiger partial charge in [-0.3, -0.25) is 18.8 Å². The average molecular weight is 579 g/mol. The zero-order valence-electron chi connectivity index (χ0n) is 23.2. The molecule has 1 saturated heterocycles. The van der Waals surface area contributed by atoms with E-state index in [2.05, 4.69) is 15.3 Å². The van der Waals surface area contributed by atoms with Gasteiger partial charge in [-0.15, -0.1) is 0 Å². The van der Waals surface area contributed by atoms with Gasteiger partial charge in [-0.1, -0.05) is 24.4 Å². The summed E-state index contributed by atoms with van der Waals surface area (Å²) in [5, 5.41) is 3.38. The second-order valence-electron chi connectivity index (χ2n) is 11.1. The summed E-state index contributed by atoms with van der Waals surface area (Å²) < 4.78 is 8.22. The summed E-state index contributed by atoms with van der Waals surface area (Å²) in [5.74, 6) is 0.442. The maximum Gasteiger partial charge on any atom is 0.234 e. The Bertz CT molecular complexity index is 1440. The molecule has 1 aromatic carbocycles. The van der Waals surface area contributed by atoms with Gasteiger partial charge in [0.05, 0.1) is 11.7 Å². The number of carbonyl (C=O) groups excluding carboxylic acids is 3. The molecule has 3 aliphatic rings. The van der Waals surface area contributed by atoms with Crippen molar-refractivity contribution in [2.24, 2.45) is 11.8 Å². The van der Waals surface area contributed by atoms with Crippen molar-refractivity contribution in [3.05, 3.63) is 58.6 Å². The van der Waals surface area contributed by atoms with Crippen LogP contribution in [0.4, 0.5) is 0 Å². The van der Waals surface area contributed by atoms with Gasteiger partial charge >= 0.3 is 0 Å². The third-order valence-corrected chi connectivity index (χ3v) is 9.10. The topological polar surface area (TPSA) is 109 Å². The second-order valence-corrected chi connectivity index (χ2v) is 11.5. The van der Waals surface area contributed by atoms with Crippen LogP contribution < -0.4 is 10.1 Å². The number of fused-ring (bicyclic) bond motifs is 2. The van der Waals surface area contributed by atoms with Crippen LogP contribution in [0.25, 0.3) is 5.78 Å². The SMILES string of the molecule is CNC(=O)C1CCCCC1C(=O)N1CCc2c(Cl)ccc(OCc3cn4cccnc4n3)c2[C@H]1CN1CCCC1=O. The van der Waals surface area contributed by atoms with Crippen LogP contribution in [-0.2, 0) is 27.4 Å². The Balaban J connectivity index is 1.35. The molecule has 4 heterocycles. The lowest BCUT2D eigenvalue weighted by Gasteiger charge is -2.43. The van der Waals surface area contributed by atoms with Gasteiger partial charge in [0.2, 0.25) is 23.5 Å². The highest BCUT2D eigenvalue weighted by molar-refractivity contribution is 6.31. The van der Waals surface area contributed by atoms with Crippen molar-refractivity contribution in [1.29, 1.82) is 0 Å². The fourth-order valence-electron chi connectivity index (χ4n) is 6.70. The summed E-state index contributed by atoms with van der Waals surface area (Å²) in [6.45, 7) is 1.70. The molecule has 11 heteroatoms. The Labute approximate surface area is 244 Å². The third kappa shape index (κ3) is 5.37. The minimum atomic E-state index is -0.433. The van der Waals surface area contributed by atoms with Crippen LogP contribution in [-0.4, -0.2) is 68.6 Å². The molecular formula is C30H35ClN6O4. The number of aromatic nitrogens is 3. The highest BCUT2D eigenvalue weighted by atomic mass is 35.5. The number of imidazole rings is 1. The fraction of sp³-hybridized carbons (Fsp3) is 0.500. The predicted molar refractivity (Wildman–Crippen MR) is 152 cm³/mol. The van der Waals surface area contributed by atoms with E-state index in [1.165, 1.54) is 0 Å². The van der Waals surface area contributed by atoms with E-state index in [4.69, 9.17) is 16.3 Å². The molecule has 1 N–H and O–H groups in total. The van der Waals surface area contributed by atoms with Gasteiger partial charge in [-0.05, 0) is 49.4 Å². The lowest BCUT2D eigenvalue weighted by atomic mass is 9.77. The van der Waals surface area contributed by atoms with E-state index in [9.17, 15) is 14.4 Å². The van der Waals surface area contributed by atoms with Gasteiger partial charge in [0.1, 0.15) is 12.4 Å². The standard InChI is InChI=1S/C30H35ClN6O4/c1-32-28(39)20-6-2-3-7-21(20)29(40)37-15-11-22-23(31)9-10-25(27(22)24(37)17-35-13-4-8-26(35)38)41-18-19-16-36-14-5-12-33-30(36)34-19/h5,9-10,12,14,16,20-21,24H,2-4,6-8,11,13,15,17-18H2,1H3,(H,32,39)/t20?,21?,24-/m1/s1. The molecule has 3 aromatic rings. The number of ether oxygens (including phenoxy) is 1. The summed E-state index contributed by atoms with van der Waals surface area (Å²) in [5.41, 5.74) is 2.50. The smallest absolute Gasteiger partial charge is 0.234 e. The number of rotatable bonds is 7. The summed E-state index contributed by atoms with van der Waals surface area (Å²) >= 11 is 6.74. The molecule has 216 valence electrons. The minimum absolute atomic E-state index is 0.0297. The van der Waals surface area contributed by atoms with Crippen molar-refractivity contribution in [3.63, 3.8) is 0 Å². The molecule has 1 saturated carbocycles. The molecule has 0 spiro atoms. The quantitative estimate of drug-likeness (QED) is 0.459. The second kappa shape index (κ2) is 11.7. The van der Waals surface area contributed by atoms with Crippen molar-refractivity contribution < 1.29 is 19.1 Å². The molecule has 3 atom stereocenters. The first-order chi connectivity index (χ1) is 19.9. The molecule has 6 rings (SSSR count). The van der Waals surface area contributed by atoms with E-state index in [0.717, 1.165) is 36.1 Å². The predicted octanol–water partition coefficient (Wildman–Crippen LogP) is 3.56. The lowest BCUT2D eigenvalue weighted by molar-refractivity contribution is -0.147. The molecule has 1 aliphatic carbocycles. The average Bonchev–Trinajstić information content (AvgIpc) is 3.61. The Morgan fingerprint density at radius 3 is 2.71 bits per heavy atom. The summed E-state index contributed by atoms with van der Waals surface area (Å²) in [7, 11) is 1.63. The number of likely N-dealkylation sites (tertiary alicyclic amines) is 1. The van der Waals surface area contributed by atoms with Crippen LogP contribution >= 0.6 is 11.6 Å². The van der Waals surface area contributed by atoms with Crippen molar-refractivity contribution in [3.8, 4) is 5.75 Å². The van der Waals surface area contributed by atoms with Crippen LogP contribution in [0.2, 0.25) is 5.02 Å². The van der Waals surface area contributed by atoms with E-state index in [0.29, 0.717) is 61.9 Å². The number of halogens is 1. The molecule has 2 aromatic heterocycles. The first-order valence-corrected chi connectivity index (χ1v) is 14.8. The number of benzene rings is 1. The summed E-state index contributed by atoms with van der Waals surface area (Å²) in [6.07, 6.45) is 10.6. The number of carbonyl (C=O) groups is 3. The van der Waals surface area contributed by atoms with Crippen molar-refractivity contribution in [1.82, 2.24) is 29.5 Å². The molecule has 41 heavy (non-hydrogen) atoms. The van der Waals surface area contributed by atoms with Gasteiger partial charge in [-0.2, -0.15) is 0 Å². The minimum Gasteiger partial charge on any atom is -0.487 e. The van der Waals surface area contributed by atoms with Gasteiger partial charge in [0.25, 0.3) is 0 Å². The number of nitrogens with zero attached hydrogens (tertiary/aromatic N) is 5. The van der Waals surface area contributed by atoms with E-state index in [-0.39, 0.29) is 30.2 Å². The Kier molecular flexibility index (Phi) is 7.84. The maximum absolute atomic E-state index is 14.3. The lowest BCUT2D eigenvalue weighted by Crippen LogP contribution is -2.50. The zero-order valence-corrected chi connectivity index (χ0v) is 24.0. The normalized spacial score (nSPS) is 22.6. The van der Waals surface area contributed by atoms with E-state index >= 15 is 0 Å². The molecule has 0 bridgehead atoms. The van der Waals surface area contributed by atoms with Gasteiger partial charge < -0.3 is 19.9 Å². The number of nitrogens with one attached hydrogen (secondary N) is 1. The van der Waals surface area contributed by atoms with Crippen LogP contribution in [0.3, 0.4) is 0 Å². The number of hydrogen-bond donors (Lipinski definition) is 1. The van der Waals surface area contributed by atoms with E-state index < -0.39 is 12.0 Å². The van der Waals surface area contributed by atoms with Crippen molar-refractivity contribution >= 4 is 35.1 Å².